The molecule has 0 bridgehead atoms. The van der Waals surface area contributed by atoms with Gasteiger partial charge in [0.05, 0.1) is 23.1 Å². The lowest BCUT2D eigenvalue weighted by atomic mass is 10.4. The smallest absolute Gasteiger partial charge is 0.263 e. The number of anilines is 3. The lowest BCUT2D eigenvalue weighted by Crippen LogP contribution is -2.28. The number of aromatic nitrogens is 4. The summed E-state index contributed by atoms with van der Waals surface area (Å²) in [7, 11) is 0. The molecule has 3 heterocycles. The van der Waals surface area contributed by atoms with Crippen LogP contribution in [0.2, 0.25) is 0 Å². The molecule has 0 aromatic carbocycles. The van der Waals surface area contributed by atoms with Gasteiger partial charge in [-0.05, 0) is 31.2 Å². The fraction of sp³-hybridized carbons (Fsp3) is 0.188. The molecule has 3 aromatic rings. The molecular formula is C16H17N7OS. The van der Waals surface area contributed by atoms with E-state index < -0.39 is 0 Å². The van der Waals surface area contributed by atoms with Crippen LogP contribution < -0.4 is 16.0 Å². The van der Waals surface area contributed by atoms with E-state index in [0.29, 0.717) is 29.6 Å². The number of rotatable bonds is 7. The lowest BCUT2D eigenvalue weighted by Gasteiger charge is -2.08. The Balaban J connectivity index is 1.43. The number of hydrogen-bond donors (Lipinski definition) is 3. The van der Waals surface area contributed by atoms with E-state index in [1.807, 2.05) is 31.2 Å². The Labute approximate surface area is 148 Å². The second-order valence-electron chi connectivity index (χ2n) is 5.12. The topological polar surface area (TPSA) is 105 Å². The van der Waals surface area contributed by atoms with E-state index in [-0.39, 0.29) is 5.91 Å². The second kappa shape index (κ2) is 8.15. The first kappa shape index (κ1) is 16.8. The fourth-order valence-electron chi connectivity index (χ4n) is 2.04. The van der Waals surface area contributed by atoms with Crippen LogP contribution >= 0.6 is 11.3 Å². The number of nitrogens with zero attached hydrogens (tertiary/aromatic N) is 4. The summed E-state index contributed by atoms with van der Waals surface area (Å²) in [6.45, 7) is 2.85. The molecular weight excluding hydrogens is 338 g/mol. The van der Waals surface area contributed by atoms with Crippen molar-refractivity contribution < 1.29 is 4.79 Å². The molecule has 0 unspecified atom stereocenters. The Bertz CT molecular complexity index is 820. The molecule has 128 valence electrons. The number of hydrogen-bond acceptors (Lipinski definition) is 8. The minimum Gasteiger partial charge on any atom is -0.367 e. The quantitative estimate of drug-likeness (QED) is 0.558. The third kappa shape index (κ3) is 4.70. The number of nitrogens with one attached hydrogen (secondary N) is 3. The maximum Gasteiger partial charge on any atom is 0.263 e. The summed E-state index contributed by atoms with van der Waals surface area (Å²) >= 11 is 1.34. The zero-order chi connectivity index (χ0) is 17.5. The minimum atomic E-state index is -0.107. The highest BCUT2D eigenvalue weighted by atomic mass is 32.1. The minimum absolute atomic E-state index is 0.107. The standard InChI is InChI=1S/C16H17N7OS/c1-11-15(25-10-20-11)16(24)19-8-7-18-13-4-5-14(23-22-13)21-12-3-2-6-17-9-12/h2-6,9-10H,7-8H2,1H3,(H,18,22)(H,19,24)(H,21,23). The van der Waals surface area contributed by atoms with Crippen molar-refractivity contribution in [3.63, 3.8) is 0 Å². The predicted octanol–water partition coefficient (Wildman–Crippen LogP) is 2.22. The van der Waals surface area contributed by atoms with Gasteiger partial charge >= 0.3 is 0 Å². The highest BCUT2D eigenvalue weighted by Gasteiger charge is 2.10. The highest BCUT2D eigenvalue weighted by molar-refractivity contribution is 7.11. The Morgan fingerprint density at radius 1 is 1.16 bits per heavy atom. The van der Waals surface area contributed by atoms with Crippen LogP contribution in [0.5, 0.6) is 0 Å². The maximum absolute atomic E-state index is 11.9. The van der Waals surface area contributed by atoms with E-state index in [4.69, 9.17) is 0 Å². The molecule has 0 atom stereocenters. The van der Waals surface area contributed by atoms with Crippen molar-refractivity contribution in [1.82, 2.24) is 25.5 Å². The number of amides is 1. The summed E-state index contributed by atoms with van der Waals surface area (Å²) in [6.07, 6.45) is 3.42. The average Bonchev–Trinajstić information content (AvgIpc) is 3.07. The van der Waals surface area contributed by atoms with Crippen LogP contribution in [0.4, 0.5) is 17.3 Å². The number of pyridine rings is 1. The molecule has 0 fully saturated rings. The van der Waals surface area contributed by atoms with Gasteiger partial charge in [0.2, 0.25) is 0 Å². The Kier molecular flexibility index (Phi) is 5.47. The normalized spacial score (nSPS) is 10.3. The first-order valence-electron chi connectivity index (χ1n) is 7.65. The van der Waals surface area contributed by atoms with Crippen LogP contribution in [0.1, 0.15) is 15.4 Å². The molecule has 3 N–H and O–H groups in total. The molecule has 3 aromatic heterocycles. The molecule has 0 spiro atoms. The van der Waals surface area contributed by atoms with Crippen molar-refractivity contribution in [2.75, 3.05) is 23.7 Å². The average molecular weight is 355 g/mol. The van der Waals surface area contributed by atoms with Crippen LogP contribution in [0, 0.1) is 6.92 Å². The van der Waals surface area contributed by atoms with Gasteiger partial charge in [0, 0.05) is 19.3 Å². The number of carbonyl (C=O) groups is 1. The molecule has 0 radical (unpaired) electrons. The van der Waals surface area contributed by atoms with Gasteiger partial charge in [0.15, 0.2) is 5.82 Å². The highest BCUT2D eigenvalue weighted by Crippen LogP contribution is 2.13. The second-order valence-corrected chi connectivity index (χ2v) is 5.97. The van der Waals surface area contributed by atoms with Gasteiger partial charge in [-0.3, -0.25) is 9.78 Å². The zero-order valence-electron chi connectivity index (χ0n) is 13.6. The summed E-state index contributed by atoms with van der Waals surface area (Å²) in [5, 5.41) is 17.2. The molecule has 0 saturated heterocycles. The van der Waals surface area contributed by atoms with E-state index in [0.717, 1.165) is 11.4 Å². The van der Waals surface area contributed by atoms with Crippen molar-refractivity contribution in [3.8, 4) is 0 Å². The van der Waals surface area contributed by atoms with Crippen LogP contribution in [0.25, 0.3) is 0 Å². The van der Waals surface area contributed by atoms with Gasteiger partial charge in [-0.2, -0.15) is 0 Å². The van der Waals surface area contributed by atoms with E-state index in [2.05, 4.69) is 36.1 Å². The number of aryl methyl sites for hydroxylation is 1. The van der Waals surface area contributed by atoms with Gasteiger partial charge in [-0.15, -0.1) is 21.5 Å². The Morgan fingerprint density at radius 2 is 2.00 bits per heavy atom. The van der Waals surface area contributed by atoms with Crippen molar-refractivity contribution in [2.24, 2.45) is 0 Å². The molecule has 9 heteroatoms. The summed E-state index contributed by atoms with van der Waals surface area (Å²) in [4.78, 5) is 20.7. The summed E-state index contributed by atoms with van der Waals surface area (Å²) in [6, 6.07) is 7.38. The van der Waals surface area contributed by atoms with E-state index in [1.165, 1.54) is 11.3 Å². The Hall–Kier alpha value is -3.07. The van der Waals surface area contributed by atoms with Crippen LogP contribution in [0.15, 0.2) is 42.2 Å². The van der Waals surface area contributed by atoms with Crippen molar-refractivity contribution in [2.45, 2.75) is 6.92 Å². The van der Waals surface area contributed by atoms with E-state index >= 15 is 0 Å². The SMILES string of the molecule is Cc1ncsc1C(=O)NCCNc1ccc(Nc2cccnc2)nn1. The van der Waals surface area contributed by atoms with Gasteiger partial charge in [0.1, 0.15) is 10.7 Å². The van der Waals surface area contributed by atoms with Gasteiger partial charge < -0.3 is 16.0 Å². The summed E-state index contributed by atoms with van der Waals surface area (Å²) < 4.78 is 0. The third-order valence-electron chi connectivity index (χ3n) is 3.27. The first-order valence-corrected chi connectivity index (χ1v) is 8.53. The monoisotopic (exact) mass is 355 g/mol. The molecule has 0 saturated carbocycles. The summed E-state index contributed by atoms with van der Waals surface area (Å²) in [5.41, 5.74) is 3.26. The van der Waals surface area contributed by atoms with E-state index in [1.54, 1.807) is 17.9 Å². The van der Waals surface area contributed by atoms with Crippen LogP contribution in [-0.4, -0.2) is 39.2 Å². The Morgan fingerprint density at radius 3 is 2.68 bits per heavy atom. The number of thiazole rings is 1. The molecule has 0 aliphatic heterocycles. The third-order valence-corrected chi connectivity index (χ3v) is 4.19. The van der Waals surface area contributed by atoms with Crippen LogP contribution in [0.3, 0.4) is 0 Å². The largest absolute Gasteiger partial charge is 0.367 e. The molecule has 0 aliphatic rings. The molecule has 3 rings (SSSR count). The maximum atomic E-state index is 11.9. The molecule has 1 amide bonds. The molecule has 8 nitrogen and oxygen atoms in total. The molecule has 25 heavy (non-hydrogen) atoms. The summed E-state index contributed by atoms with van der Waals surface area (Å²) in [5.74, 6) is 1.16. The first-order chi connectivity index (χ1) is 12.2. The zero-order valence-corrected chi connectivity index (χ0v) is 14.4. The van der Waals surface area contributed by atoms with Crippen LogP contribution in [-0.2, 0) is 0 Å². The van der Waals surface area contributed by atoms with E-state index in [9.17, 15) is 4.79 Å². The van der Waals surface area contributed by atoms with Crippen molar-refractivity contribution in [1.29, 1.82) is 0 Å². The number of carbonyl (C=O) groups excluding carboxylic acids is 1. The fourth-order valence-corrected chi connectivity index (χ4v) is 2.76. The predicted molar refractivity (Wildman–Crippen MR) is 97.2 cm³/mol. The van der Waals surface area contributed by atoms with Crippen molar-refractivity contribution >= 4 is 34.6 Å². The van der Waals surface area contributed by atoms with Gasteiger partial charge in [-0.25, -0.2) is 4.98 Å². The lowest BCUT2D eigenvalue weighted by molar-refractivity contribution is 0.0958. The van der Waals surface area contributed by atoms with Crippen molar-refractivity contribution in [3.05, 3.63) is 52.7 Å². The molecule has 0 aliphatic carbocycles. The van der Waals surface area contributed by atoms with Gasteiger partial charge in [0.25, 0.3) is 5.91 Å². The van der Waals surface area contributed by atoms with Gasteiger partial charge in [-0.1, -0.05) is 0 Å².